The molecular formula is C17H22N2O5. The zero-order valence-corrected chi connectivity index (χ0v) is 13.8. The van der Waals surface area contributed by atoms with Gasteiger partial charge < -0.3 is 24.8 Å². The van der Waals surface area contributed by atoms with E-state index < -0.39 is 11.9 Å². The van der Waals surface area contributed by atoms with Gasteiger partial charge in [0.05, 0.1) is 0 Å². The van der Waals surface area contributed by atoms with Gasteiger partial charge >= 0.3 is 11.9 Å². The molecule has 2 aromatic rings. The van der Waals surface area contributed by atoms with Gasteiger partial charge in [-0.3, -0.25) is 0 Å². The van der Waals surface area contributed by atoms with E-state index in [1.54, 1.807) is 6.07 Å². The second kappa shape index (κ2) is 7.35. The molecule has 0 aliphatic carbocycles. The maximum Gasteiger partial charge on any atom is 0.414 e. The molecule has 24 heavy (non-hydrogen) atoms. The van der Waals surface area contributed by atoms with Crippen molar-refractivity contribution < 1.29 is 24.9 Å². The lowest BCUT2D eigenvalue weighted by Crippen LogP contribution is -2.29. The molecule has 3 N–H and O–H groups in total. The molecule has 0 atom stereocenters. The molecule has 7 nitrogen and oxygen atoms in total. The van der Waals surface area contributed by atoms with Gasteiger partial charge in [0, 0.05) is 24.1 Å². The maximum absolute atomic E-state index is 9.69. The minimum absolute atomic E-state index is 0.364. The highest BCUT2D eigenvalue weighted by atomic mass is 16.4. The first-order valence-corrected chi connectivity index (χ1v) is 7.72. The Balaban J connectivity index is 0.000000301. The SMILES string of the molecule is CN1CCC(c2cn(C)c3ccc(O)cc23)CC1.O=C(O)C(=O)O. The first kappa shape index (κ1) is 17.8. The molecular weight excluding hydrogens is 312 g/mol. The number of carboxylic acid groups (broad SMARTS) is 2. The number of aromatic hydroxyl groups is 1. The summed E-state index contributed by atoms with van der Waals surface area (Å²) in [5, 5.41) is 25.7. The van der Waals surface area contributed by atoms with E-state index in [1.807, 2.05) is 12.1 Å². The topological polar surface area (TPSA) is 103 Å². The number of phenols is 1. The molecule has 2 heterocycles. The molecule has 1 saturated heterocycles. The number of rotatable bonds is 1. The Bertz CT molecular complexity index is 733. The quantitative estimate of drug-likeness (QED) is 0.688. The van der Waals surface area contributed by atoms with E-state index in [-0.39, 0.29) is 0 Å². The largest absolute Gasteiger partial charge is 0.508 e. The molecule has 1 fully saturated rings. The number of carboxylic acids is 2. The predicted octanol–water partition coefficient (Wildman–Crippen LogP) is 1.85. The van der Waals surface area contributed by atoms with Crippen LogP contribution < -0.4 is 0 Å². The van der Waals surface area contributed by atoms with Crippen molar-refractivity contribution in [3.8, 4) is 5.75 Å². The van der Waals surface area contributed by atoms with Gasteiger partial charge in [-0.1, -0.05) is 0 Å². The molecule has 130 valence electrons. The number of hydrogen-bond acceptors (Lipinski definition) is 4. The highest BCUT2D eigenvalue weighted by Crippen LogP contribution is 2.35. The first-order chi connectivity index (χ1) is 11.3. The molecule has 1 aromatic heterocycles. The van der Waals surface area contributed by atoms with Crippen LogP contribution >= 0.6 is 0 Å². The van der Waals surface area contributed by atoms with Gasteiger partial charge in [0.15, 0.2) is 0 Å². The molecule has 1 aliphatic heterocycles. The van der Waals surface area contributed by atoms with Gasteiger partial charge in [-0.2, -0.15) is 0 Å². The van der Waals surface area contributed by atoms with Gasteiger partial charge in [-0.15, -0.1) is 0 Å². The summed E-state index contributed by atoms with van der Waals surface area (Å²) in [6.07, 6.45) is 4.66. The Hall–Kier alpha value is -2.54. The Labute approximate surface area is 139 Å². The summed E-state index contributed by atoms with van der Waals surface area (Å²) >= 11 is 0. The normalized spacial score (nSPS) is 15.8. The standard InChI is InChI=1S/C15H20N2O.C2H2O4/c1-16-7-5-11(6-8-16)14-10-17(2)15-4-3-12(18)9-13(14)15;3-1(4)2(5)6/h3-4,9-11,18H,5-8H2,1-2H3;(H,3,4)(H,5,6). The van der Waals surface area contributed by atoms with Gasteiger partial charge in [0.2, 0.25) is 0 Å². The van der Waals surface area contributed by atoms with Crippen LogP contribution in [0.25, 0.3) is 10.9 Å². The van der Waals surface area contributed by atoms with Crippen LogP contribution in [0.2, 0.25) is 0 Å². The zero-order chi connectivity index (χ0) is 17.9. The number of aliphatic carboxylic acids is 2. The van der Waals surface area contributed by atoms with Crippen molar-refractivity contribution in [2.24, 2.45) is 7.05 Å². The van der Waals surface area contributed by atoms with Crippen molar-refractivity contribution in [2.45, 2.75) is 18.8 Å². The molecule has 1 aliphatic rings. The van der Waals surface area contributed by atoms with Crippen LogP contribution in [0.1, 0.15) is 24.3 Å². The van der Waals surface area contributed by atoms with Crippen LogP contribution in [0, 0.1) is 0 Å². The van der Waals surface area contributed by atoms with Crippen LogP contribution in [0.4, 0.5) is 0 Å². The number of aromatic nitrogens is 1. The van der Waals surface area contributed by atoms with E-state index >= 15 is 0 Å². The molecule has 3 rings (SSSR count). The van der Waals surface area contributed by atoms with Gasteiger partial charge in [-0.05, 0) is 62.7 Å². The minimum Gasteiger partial charge on any atom is -0.508 e. The van der Waals surface area contributed by atoms with E-state index in [4.69, 9.17) is 19.8 Å². The van der Waals surface area contributed by atoms with E-state index in [1.165, 1.54) is 42.4 Å². The lowest BCUT2D eigenvalue weighted by atomic mass is 9.89. The van der Waals surface area contributed by atoms with Gasteiger partial charge in [-0.25, -0.2) is 9.59 Å². The fourth-order valence-electron chi connectivity index (χ4n) is 3.06. The monoisotopic (exact) mass is 334 g/mol. The molecule has 0 radical (unpaired) electrons. The number of benzene rings is 1. The maximum atomic E-state index is 9.69. The predicted molar refractivity (Wildman–Crippen MR) is 89.3 cm³/mol. The van der Waals surface area contributed by atoms with Crippen LogP contribution in [-0.2, 0) is 16.6 Å². The number of fused-ring (bicyclic) bond motifs is 1. The highest BCUT2D eigenvalue weighted by molar-refractivity contribution is 6.27. The summed E-state index contributed by atoms with van der Waals surface area (Å²) in [7, 11) is 4.27. The highest BCUT2D eigenvalue weighted by Gasteiger charge is 2.21. The van der Waals surface area contributed by atoms with Crippen LogP contribution in [0.5, 0.6) is 5.75 Å². The van der Waals surface area contributed by atoms with Crippen LogP contribution in [-0.4, -0.2) is 56.9 Å². The number of likely N-dealkylation sites (tertiary alicyclic amines) is 1. The first-order valence-electron chi connectivity index (χ1n) is 7.72. The van der Waals surface area contributed by atoms with Crippen LogP contribution in [0.15, 0.2) is 24.4 Å². The molecule has 0 saturated carbocycles. The third-order valence-corrected chi connectivity index (χ3v) is 4.35. The third kappa shape index (κ3) is 4.05. The summed E-state index contributed by atoms with van der Waals surface area (Å²) in [5.74, 6) is -2.65. The summed E-state index contributed by atoms with van der Waals surface area (Å²) in [4.78, 5) is 20.6. The molecule has 0 amide bonds. The van der Waals surface area contributed by atoms with Crippen molar-refractivity contribution in [2.75, 3.05) is 20.1 Å². The molecule has 0 spiro atoms. The zero-order valence-electron chi connectivity index (χ0n) is 13.8. The number of carbonyl (C=O) groups is 2. The number of phenolic OH excluding ortho intramolecular Hbond substituents is 1. The van der Waals surface area contributed by atoms with E-state index in [9.17, 15) is 5.11 Å². The summed E-state index contributed by atoms with van der Waals surface area (Å²) in [6.45, 7) is 2.33. The Morgan fingerprint density at radius 3 is 2.21 bits per heavy atom. The van der Waals surface area contributed by atoms with Crippen molar-refractivity contribution in [3.63, 3.8) is 0 Å². The lowest BCUT2D eigenvalue weighted by molar-refractivity contribution is -0.159. The summed E-state index contributed by atoms with van der Waals surface area (Å²) in [6, 6.07) is 5.67. The van der Waals surface area contributed by atoms with Crippen LogP contribution in [0.3, 0.4) is 0 Å². The smallest absolute Gasteiger partial charge is 0.414 e. The third-order valence-electron chi connectivity index (χ3n) is 4.35. The fraction of sp³-hybridized carbons (Fsp3) is 0.412. The van der Waals surface area contributed by atoms with Crippen molar-refractivity contribution >= 4 is 22.8 Å². The van der Waals surface area contributed by atoms with E-state index in [2.05, 4.69) is 29.8 Å². The minimum atomic E-state index is -1.82. The molecule has 0 bridgehead atoms. The van der Waals surface area contributed by atoms with Crippen molar-refractivity contribution in [1.29, 1.82) is 0 Å². The number of aryl methyl sites for hydroxylation is 1. The van der Waals surface area contributed by atoms with Crippen molar-refractivity contribution in [1.82, 2.24) is 9.47 Å². The molecule has 0 unspecified atom stereocenters. The summed E-state index contributed by atoms with van der Waals surface area (Å²) in [5.41, 5.74) is 2.61. The Morgan fingerprint density at radius 2 is 1.67 bits per heavy atom. The van der Waals surface area contributed by atoms with E-state index in [0.29, 0.717) is 11.7 Å². The van der Waals surface area contributed by atoms with E-state index in [0.717, 1.165) is 0 Å². The second-order valence-corrected chi connectivity index (χ2v) is 6.08. The van der Waals surface area contributed by atoms with Gasteiger partial charge in [0.1, 0.15) is 5.75 Å². The Kier molecular flexibility index (Phi) is 5.46. The molecule has 7 heteroatoms. The second-order valence-electron chi connectivity index (χ2n) is 6.08. The Morgan fingerprint density at radius 1 is 1.08 bits per heavy atom. The lowest BCUT2D eigenvalue weighted by Gasteiger charge is -2.28. The average Bonchev–Trinajstić information content (AvgIpc) is 2.85. The van der Waals surface area contributed by atoms with Gasteiger partial charge in [0.25, 0.3) is 0 Å². The summed E-state index contributed by atoms with van der Waals surface area (Å²) < 4.78 is 2.17. The number of piperidine rings is 1. The molecule has 1 aromatic carbocycles. The number of hydrogen-bond donors (Lipinski definition) is 3. The fourth-order valence-corrected chi connectivity index (χ4v) is 3.06. The average molecular weight is 334 g/mol. The van der Waals surface area contributed by atoms with Crippen molar-refractivity contribution in [3.05, 3.63) is 30.0 Å². The number of nitrogens with zero attached hydrogens (tertiary/aromatic N) is 2.